The topological polar surface area (TPSA) is 35.5 Å². The highest BCUT2D eigenvalue weighted by Gasteiger charge is 2.35. The molecule has 0 aromatic rings. The van der Waals surface area contributed by atoms with E-state index in [0.29, 0.717) is 18.1 Å². The van der Waals surface area contributed by atoms with Crippen molar-refractivity contribution in [1.29, 1.82) is 0 Å². The van der Waals surface area contributed by atoms with Gasteiger partial charge in [0.1, 0.15) is 5.78 Å². The Kier molecular flexibility index (Phi) is 1.69. The van der Waals surface area contributed by atoms with E-state index in [-0.39, 0.29) is 12.6 Å². The molecule has 1 heterocycles. The fraction of sp³-hybridized carbons (Fsp3) is 0.875. The summed E-state index contributed by atoms with van der Waals surface area (Å²) in [6, 6.07) is 0. The van der Waals surface area contributed by atoms with Crippen LogP contribution in [-0.2, 0) is 14.3 Å². The zero-order valence-corrected chi connectivity index (χ0v) is 6.58. The van der Waals surface area contributed by atoms with Gasteiger partial charge in [0.05, 0.1) is 6.42 Å². The van der Waals surface area contributed by atoms with Gasteiger partial charge in [0.15, 0.2) is 12.6 Å². The Morgan fingerprint density at radius 1 is 1.45 bits per heavy atom. The molecule has 0 atom stereocenters. The van der Waals surface area contributed by atoms with Crippen molar-refractivity contribution in [2.75, 3.05) is 0 Å². The molecule has 1 aliphatic heterocycles. The quantitative estimate of drug-likeness (QED) is 0.613. The molecular formula is C8H12O3. The van der Waals surface area contributed by atoms with E-state index in [4.69, 9.17) is 9.47 Å². The highest BCUT2D eigenvalue weighted by atomic mass is 16.9. The molecule has 11 heavy (non-hydrogen) atoms. The second-order valence-electron chi connectivity index (χ2n) is 3.21. The smallest absolute Gasteiger partial charge is 0.170 e. The maximum absolute atomic E-state index is 11.2. The molecule has 0 amide bonds. The molecule has 0 aromatic carbocycles. The summed E-state index contributed by atoms with van der Waals surface area (Å²) in [4.78, 5) is 11.2. The van der Waals surface area contributed by atoms with Crippen molar-refractivity contribution in [2.24, 2.45) is 5.92 Å². The van der Waals surface area contributed by atoms with Crippen molar-refractivity contribution in [3.8, 4) is 0 Å². The van der Waals surface area contributed by atoms with Crippen LogP contribution >= 0.6 is 0 Å². The molecule has 3 heteroatoms. The van der Waals surface area contributed by atoms with Gasteiger partial charge >= 0.3 is 0 Å². The zero-order chi connectivity index (χ0) is 7.84. The van der Waals surface area contributed by atoms with Gasteiger partial charge < -0.3 is 9.47 Å². The summed E-state index contributed by atoms with van der Waals surface area (Å²) in [7, 11) is 0. The van der Waals surface area contributed by atoms with Crippen LogP contribution in [0.5, 0.6) is 0 Å². The highest BCUT2D eigenvalue weighted by Crippen LogP contribution is 2.33. The van der Waals surface area contributed by atoms with Crippen molar-refractivity contribution in [3.05, 3.63) is 0 Å². The largest absolute Gasteiger partial charge is 0.323 e. The highest BCUT2D eigenvalue weighted by molar-refractivity contribution is 5.83. The first-order valence-electron chi connectivity index (χ1n) is 4.09. The standard InChI is InChI=1S/C8H12O3/c1-5-10-8(11-5)4-7(9)6-2-3-6/h5-6,8H,2-4H2,1H3. The van der Waals surface area contributed by atoms with Crippen molar-refractivity contribution >= 4 is 5.78 Å². The number of hydrogen-bond donors (Lipinski definition) is 0. The van der Waals surface area contributed by atoms with Gasteiger partial charge in [0.25, 0.3) is 0 Å². The first-order valence-corrected chi connectivity index (χ1v) is 4.09. The fourth-order valence-electron chi connectivity index (χ4n) is 1.27. The Hall–Kier alpha value is -0.410. The Morgan fingerprint density at radius 3 is 2.55 bits per heavy atom. The van der Waals surface area contributed by atoms with Crippen LogP contribution in [0.15, 0.2) is 0 Å². The van der Waals surface area contributed by atoms with Crippen LogP contribution in [0.1, 0.15) is 26.2 Å². The normalized spacial score (nSPS) is 36.5. The van der Waals surface area contributed by atoms with Gasteiger partial charge in [-0.3, -0.25) is 4.79 Å². The SMILES string of the molecule is CC1OC(CC(=O)C2CC2)O1. The van der Waals surface area contributed by atoms with E-state index in [0.717, 1.165) is 12.8 Å². The van der Waals surface area contributed by atoms with E-state index in [1.165, 1.54) is 0 Å². The van der Waals surface area contributed by atoms with Gasteiger partial charge in [-0.2, -0.15) is 0 Å². The average Bonchev–Trinajstić information content (AvgIpc) is 2.64. The molecule has 0 bridgehead atoms. The third-order valence-corrected chi connectivity index (χ3v) is 2.09. The molecule has 0 unspecified atom stereocenters. The van der Waals surface area contributed by atoms with Crippen molar-refractivity contribution in [2.45, 2.75) is 38.8 Å². The van der Waals surface area contributed by atoms with Crippen molar-refractivity contribution in [3.63, 3.8) is 0 Å². The van der Waals surface area contributed by atoms with Crippen molar-refractivity contribution < 1.29 is 14.3 Å². The third-order valence-electron chi connectivity index (χ3n) is 2.09. The van der Waals surface area contributed by atoms with Gasteiger partial charge in [-0.25, -0.2) is 0 Å². The predicted octanol–water partition coefficient (Wildman–Crippen LogP) is 1.07. The molecule has 0 N–H and O–H groups in total. The van der Waals surface area contributed by atoms with Crippen LogP contribution in [0.25, 0.3) is 0 Å². The van der Waals surface area contributed by atoms with Crippen LogP contribution in [0, 0.1) is 5.92 Å². The molecule has 0 radical (unpaired) electrons. The molecule has 1 saturated carbocycles. The summed E-state index contributed by atoms with van der Waals surface area (Å²) in [6.07, 6.45) is 2.25. The minimum atomic E-state index is -0.238. The Balaban J connectivity index is 1.69. The monoisotopic (exact) mass is 156 g/mol. The molecular weight excluding hydrogens is 144 g/mol. The second-order valence-corrected chi connectivity index (χ2v) is 3.21. The number of carbonyl (C=O) groups excluding carboxylic acids is 1. The zero-order valence-electron chi connectivity index (χ0n) is 6.58. The molecule has 3 nitrogen and oxygen atoms in total. The number of ether oxygens (including phenoxy) is 2. The first kappa shape index (κ1) is 7.25. The predicted molar refractivity (Wildman–Crippen MR) is 37.8 cm³/mol. The Morgan fingerprint density at radius 2 is 2.09 bits per heavy atom. The Bertz CT molecular complexity index is 168. The lowest BCUT2D eigenvalue weighted by atomic mass is 10.2. The number of carbonyl (C=O) groups is 1. The summed E-state index contributed by atoms with van der Waals surface area (Å²) in [5.41, 5.74) is 0. The molecule has 0 aromatic heterocycles. The first-order chi connectivity index (χ1) is 5.25. The molecule has 1 aliphatic carbocycles. The van der Waals surface area contributed by atoms with Crippen LogP contribution in [0.2, 0.25) is 0 Å². The van der Waals surface area contributed by atoms with Crippen LogP contribution in [-0.4, -0.2) is 18.4 Å². The number of ketones is 1. The molecule has 2 rings (SSSR count). The number of Topliss-reactive ketones (excluding diaryl/α,β-unsaturated/α-hetero) is 1. The lowest BCUT2D eigenvalue weighted by Gasteiger charge is -2.33. The van der Waals surface area contributed by atoms with E-state index in [9.17, 15) is 4.79 Å². The van der Waals surface area contributed by atoms with Gasteiger partial charge in [-0.15, -0.1) is 0 Å². The fourth-order valence-corrected chi connectivity index (χ4v) is 1.27. The summed E-state index contributed by atoms with van der Waals surface area (Å²) < 4.78 is 10.3. The molecule has 0 spiro atoms. The lowest BCUT2D eigenvalue weighted by molar-refractivity contribution is -0.373. The van der Waals surface area contributed by atoms with E-state index in [1.54, 1.807) is 0 Å². The minimum absolute atomic E-state index is 0.105. The maximum Gasteiger partial charge on any atom is 0.170 e. The average molecular weight is 156 g/mol. The molecule has 2 aliphatic rings. The third kappa shape index (κ3) is 1.60. The van der Waals surface area contributed by atoms with Gasteiger partial charge in [0, 0.05) is 5.92 Å². The lowest BCUT2D eigenvalue weighted by Crippen LogP contribution is -2.40. The van der Waals surface area contributed by atoms with Crippen molar-refractivity contribution in [1.82, 2.24) is 0 Å². The molecule has 2 fully saturated rings. The summed E-state index contributed by atoms with van der Waals surface area (Å²) in [5.74, 6) is 0.639. The maximum atomic E-state index is 11.2. The van der Waals surface area contributed by atoms with E-state index < -0.39 is 0 Å². The van der Waals surface area contributed by atoms with Crippen LogP contribution < -0.4 is 0 Å². The van der Waals surface area contributed by atoms with Crippen LogP contribution in [0.4, 0.5) is 0 Å². The van der Waals surface area contributed by atoms with E-state index in [1.807, 2.05) is 6.92 Å². The van der Waals surface area contributed by atoms with Gasteiger partial charge in [0.2, 0.25) is 0 Å². The number of hydrogen-bond acceptors (Lipinski definition) is 3. The number of rotatable bonds is 3. The van der Waals surface area contributed by atoms with Gasteiger partial charge in [-0.05, 0) is 19.8 Å². The van der Waals surface area contributed by atoms with Crippen LogP contribution in [0.3, 0.4) is 0 Å². The second kappa shape index (κ2) is 2.57. The minimum Gasteiger partial charge on any atom is -0.323 e. The molecule has 1 saturated heterocycles. The Labute approximate surface area is 65.7 Å². The van der Waals surface area contributed by atoms with Gasteiger partial charge in [-0.1, -0.05) is 0 Å². The summed E-state index contributed by atoms with van der Waals surface area (Å²) in [6.45, 7) is 1.83. The molecule has 62 valence electrons. The summed E-state index contributed by atoms with van der Waals surface area (Å²) >= 11 is 0. The summed E-state index contributed by atoms with van der Waals surface area (Å²) in [5, 5.41) is 0. The van der Waals surface area contributed by atoms with E-state index >= 15 is 0 Å². The van der Waals surface area contributed by atoms with E-state index in [2.05, 4.69) is 0 Å².